The largest absolute Gasteiger partial charge is 0.456 e. The molecule has 12 rings (SSSR count). The number of para-hydroxylation sites is 5. The number of aromatic nitrogens is 3. The average molecular weight is 664 g/mol. The van der Waals surface area contributed by atoms with E-state index in [2.05, 4.69) is 177 Å². The lowest BCUT2D eigenvalue weighted by Gasteiger charge is -2.13. The van der Waals surface area contributed by atoms with Crippen LogP contribution < -0.4 is 0 Å². The first-order chi connectivity index (χ1) is 25.8. The molecule has 0 atom stereocenters. The highest BCUT2D eigenvalue weighted by atomic mass is 16.3. The molecule has 0 fully saturated rings. The van der Waals surface area contributed by atoms with Gasteiger partial charge >= 0.3 is 0 Å². The Hall–Kier alpha value is -7.04. The smallest absolute Gasteiger partial charge is 0.135 e. The van der Waals surface area contributed by atoms with Crippen LogP contribution in [0.25, 0.3) is 104 Å². The normalized spacial score (nSPS) is 12.2. The van der Waals surface area contributed by atoms with E-state index < -0.39 is 0 Å². The van der Waals surface area contributed by atoms with Crippen LogP contribution in [0.15, 0.2) is 180 Å². The minimum absolute atomic E-state index is 0.902. The van der Waals surface area contributed by atoms with E-state index in [9.17, 15) is 0 Å². The summed E-state index contributed by atoms with van der Waals surface area (Å²) in [5, 5.41) is 9.70. The van der Waals surface area contributed by atoms with Crippen molar-refractivity contribution >= 4 is 87.4 Å². The molecule has 0 amide bonds. The minimum Gasteiger partial charge on any atom is -0.456 e. The van der Waals surface area contributed by atoms with Crippen LogP contribution in [0.5, 0.6) is 0 Å². The number of hydrogen-bond acceptors (Lipinski definition) is 1. The Labute approximate surface area is 297 Å². The summed E-state index contributed by atoms with van der Waals surface area (Å²) >= 11 is 0. The molecule has 0 N–H and O–H groups in total. The Kier molecular flexibility index (Phi) is 5.47. The Bertz CT molecular complexity index is 3370. The number of rotatable bonds is 3. The second-order valence-electron chi connectivity index (χ2n) is 13.8. The Morgan fingerprint density at radius 3 is 1.19 bits per heavy atom. The number of furan rings is 1. The lowest BCUT2D eigenvalue weighted by molar-refractivity contribution is 0.669. The van der Waals surface area contributed by atoms with Crippen LogP contribution in [0.4, 0.5) is 0 Å². The number of hydrogen-bond donors (Lipinski definition) is 0. The van der Waals surface area contributed by atoms with Crippen LogP contribution in [-0.2, 0) is 0 Å². The van der Waals surface area contributed by atoms with Gasteiger partial charge in [-0.25, -0.2) is 0 Å². The second-order valence-corrected chi connectivity index (χ2v) is 13.8. The van der Waals surface area contributed by atoms with Crippen LogP contribution in [0.1, 0.15) is 0 Å². The zero-order valence-electron chi connectivity index (χ0n) is 28.0. The summed E-state index contributed by atoms with van der Waals surface area (Å²) in [7, 11) is 0. The molecule has 0 aliphatic carbocycles. The predicted octanol–water partition coefficient (Wildman–Crippen LogP) is 12.9. The highest BCUT2D eigenvalue weighted by Gasteiger charge is 2.20. The lowest BCUT2D eigenvalue weighted by atomic mass is 10.1. The van der Waals surface area contributed by atoms with Crippen molar-refractivity contribution < 1.29 is 4.42 Å². The molecular weight excluding hydrogens is 635 g/mol. The fraction of sp³-hybridized carbons (Fsp3) is 0. The summed E-state index contributed by atoms with van der Waals surface area (Å²) in [5.41, 5.74) is 12.4. The van der Waals surface area contributed by atoms with E-state index in [0.717, 1.165) is 39.0 Å². The van der Waals surface area contributed by atoms with E-state index in [1.54, 1.807) is 0 Å². The van der Waals surface area contributed by atoms with Crippen molar-refractivity contribution in [3.8, 4) is 17.1 Å². The molecule has 4 heteroatoms. The van der Waals surface area contributed by atoms with Crippen molar-refractivity contribution in [2.75, 3.05) is 0 Å². The SMILES string of the molecule is c1cc(-n2c3ccccc3c3ccccc32)cc(-n2c3ccccc3c3cc4c(cc32)c2ccccc2n4-c2ccc3oc4ccccc4c3c2)c1. The predicted molar refractivity (Wildman–Crippen MR) is 217 cm³/mol. The van der Waals surface area contributed by atoms with Gasteiger partial charge in [0.1, 0.15) is 11.2 Å². The van der Waals surface area contributed by atoms with Crippen molar-refractivity contribution in [3.63, 3.8) is 0 Å². The monoisotopic (exact) mass is 663 g/mol. The van der Waals surface area contributed by atoms with Crippen LogP contribution in [0.2, 0.25) is 0 Å². The van der Waals surface area contributed by atoms with E-state index in [1.807, 2.05) is 12.1 Å². The Morgan fingerprint density at radius 2 is 0.654 bits per heavy atom. The molecular formula is C48H29N3O. The summed E-state index contributed by atoms with van der Waals surface area (Å²) in [6.45, 7) is 0. The van der Waals surface area contributed by atoms with Crippen LogP contribution >= 0.6 is 0 Å². The van der Waals surface area contributed by atoms with E-state index in [0.29, 0.717) is 0 Å². The number of fused-ring (bicyclic) bond motifs is 12. The van der Waals surface area contributed by atoms with Gasteiger partial charge in [0, 0.05) is 60.2 Å². The quantitative estimate of drug-likeness (QED) is 0.185. The third-order valence-electron chi connectivity index (χ3n) is 11.0. The van der Waals surface area contributed by atoms with Crippen LogP contribution in [-0.4, -0.2) is 13.7 Å². The maximum atomic E-state index is 6.21. The van der Waals surface area contributed by atoms with Gasteiger partial charge in [-0.3, -0.25) is 0 Å². The summed E-state index contributed by atoms with van der Waals surface area (Å²) in [6, 6.07) is 63.6. The average Bonchev–Trinajstić information content (AvgIpc) is 3.93. The van der Waals surface area contributed by atoms with Crippen molar-refractivity contribution in [1.29, 1.82) is 0 Å². The molecule has 4 aromatic heterocycles. The summed E-state index contributed by atoms with van der Waals surface area (Å²) in [6.07, 6.45) is 0. The summed E-state index contributed by atoms with van der Waals surface area (Å²) < 4.78 is 13.5. The van der Waals surface area contributed by atoms with Gasteiger partial charge in [-0.15, -0.1) is 0 Å². The van der Waals surface area contributed by atoms with Gasteiger partial charge < -0.3 is 18.1 Å². The summed E-state index contributed by atoms with van der Waals surface area (Å²) in [4.78, 5) is 0. The van der Waals surface area contributed by atoms with Gasteiger partial charge in [-0.1, -0.05) is 97.1 Å². The molecule has 0 aliphatic rings. The first-order valence-electron chi connectivity index (χ1n) is 17.8. The number of benzene rings is 8. The molecule has 4 nitrogen and oxygen atoms in total. The standard InChI is InChI=1S/C48H29N3O/c1-6-19-41-33(14-1)34-15-2-7-20-42(34)49(41)30-12-11-13-31(26-30)50-43-21-8-3-16-35(43)38-29-46-39(28-45(38)50)36-17-4-9-22-44(36)51(46)32-24-25-48-40(27-32)37-18-5-10-23-47(37)52-48/h1-29H. The molecule has 0 aliphatic heterocycles. The molecule has 0 bridgehead atoms. The third-order valence-corrected chi connectivity index (χ3v) is 11.0. The maximum Gasteiger partial charge on any atom is 0.135 e. The molecule has 242 valence electrons. The zero-order chi connectivity index (χ0) is 33.9. The first-order valence-corrected chi connectivity index (χ1v) is 17.8. The third kappa shape index (κ3) is 3.70. The van der Waals surface area contributed by atoms with Crippen molar-refractivity contribution in [1.82, 2.24) is 13.7 Å². The molecule has 52 heavy (non-hydrogen) atoms. The van der Waals surface area contributed by atoms with Gasteiger partial charge in [-0.2, -0.15) is 0 Å². The highest BCUT2D eigenvalue weighted by molar-refractivity contribution is 6.19. The van der Waals surface area contributed by atoms with Crippen molar-refractivity contribution in [3.05, 3.63) is 176 Å². The molecule has 0 spiro atoms. The second kappa shape index (κ2) is 10.3. The highest BCUT2D eigenvalue weighted by Crippen LogP contribution is 2.41. The van der Waals surface area contributed by atoms with Crippen molar-refractivity contribution in [2.45, 2.75) is 0 Å². The topological polar surface area (TPSA) is 27.9 Å². The first kappa shape index (κ1) is 27.7. The van der Waals surface area contributed by atoms with Crippen LogP contribution in [0.3, 0.4) is 0 Å². The van der Waals surface area contributed by atoms with Gasteiger partial charge in [0.25, 0.3) is 0 Å². The van der Waals surface area contributed by atoms with Gasteiger partial charge in [0.2, 0.25) is 0 Å². The molecule has 0 saturated heterocycles. The van der Waals surface area contributed by atoms with Crippen LogP contribution in [0, 0.1) is 0 Å². The van der Waals surface area contributed by atoms with E-state index in [1.165, 1.54) is 65.4 Å². The van der Waals surface area contributed by atoms with Gasteiger partial charge in [-0.05, 0) is 78.9 Å². The Balaban J connectivity index is 1.14. The fourth-order valence-electron chi connectivity index (χ4n) is 8.81. The van der Waals surface area contributed by atoms with Gasteiger partial charge in [0.05, 0.1) is 33.1 Å². The lowest BCUT2D eigenvalue weighted by Crippen LogP contribution is -1.98. The van der Waals surface area contributed by atoms with Crippen molar-refractivity contribution in [2.24, 2.45) is 0 Å². The molecule has 0 saturated carbocycles. The summed E-state index contributed by atoms with van der Waals surface area (Å²) in [5.74, 6) is 0. The van der Waals surface area contributed by atoms with Gasteiger partial charge in [0.15, 0.2) is 0 Å². The molecule has 0 unspecified atom stereocenters. The van der Waals surface area contributed by atoms with E-state index in [4.69, 9.17) is 4.42 Å². The van der Waals surface area contributed by atoms with E-state index >= 15 is 0 Å². The maximum absolute atomic E-state index is 6.21. The van der Waals surface area contributed by atoms with E-state index in [-0.39, 0.29) is 0 Å². The molecule has 8 aromatic carbocycles. The molecule has 0 radical (unpaired) electrons. The fourth-order valence-corrected chi connectivity index (χ4v) is 8.81. The molecule has 12 aromatic rings. The minimum atomic E-state index is 0.902. The number of nitrogens with zero attached hydrogens (tertiary/aromatic N) is 3. The Morgan fingerprint density at radius 1 is 0.250 bits per heavy atom. The zero-order valence-corrected chi connectivity index (χ0v) is 28.0. The molecule has 4 heterocycles.